The van der Waals surface area contributed by atoms with E-state index in [9.17, 15) is 14.4 Å². The third-order valence-corrected chi connectivity index (χ3v) is 6.20. The summed E-state index contributed by atoms with van der Waals surface area (Å²) in [6, 6.07) is 14.3. The van der Waals surface area contributed by atoms with Crippen molar-refractivity contribution in [1.29, 1.82) is 0 Å². The minimum Gasteiger partial charge on any atom is -0.462 e. The molecule has 2 aromatic rings. The number of para-hydroxylation sites is 2. The normalized spacial score (nSPS) is 11.4. The van der Waals surface area contributed by atoms with E-state index < -0.39 is 11.9 Å². The Labute approximate surface area is 245 Å². The van der Waals surface area contributed by atoms with Crippen molar-refractivity contribution in [3.8, 4) is 5.75 Å². The van der Waals surface area contributed by atoms with Crippen LogP contribution in [0.2, 0.25) is 0 Å². The number of anilines is 1. The molecule has 0 radical (unpaired) electrons. The van der Waals surface area contributed by atoms with Gasteiger partial charge in [0, 0.05) is 5.56 Å². The summed E-state index contributed by atoms with van der Waals surface area (Å²) in [4.78, 5) is 38.1. The molecule has 7 nitrogen and oxygen atoms in total. The molecule has 0 saturated heterocycles. The van der Waals surface area contributed by atoms with E-state index in [1.54, 1.807) is 24.3 Å². The molecule has 2 aromatic carbocycles. The van der Waals surface area contributed by atoms with E-state index in [-0.39, 0.29) is 42.5 Å². The monoisotopic (exact) mass is 565 g/mol. The molecule has 0 bridgehead atoms. The smallest absolute Gasteiger partial charge is 0.374 e. The first kappa shape index (κ1) is 33.6. The van der Waals surface area contributed by atoms with Crippen LogP contribution in [0, 0.1) is 11.8 Å². The number of aryl methyl sites for hydroxylation is 1. The summed E-state index contributed by atoms with van der Waals surface area (Å²) in [6.45, 7) is 10.2. The van der Waals surface area contributed by atoms with Gasteiger partial charge in [0.25, 0.3) is 5.91 Å². The molecule has 1 amide bonds. The van der Waals surface area contributed by atoms with E-state index >= 15 is 0 Å². The number of amides is 1. The third-order valence-electron chi connectivity index (χ3n) is 6.20. The van der Waals surface area contributed by atoms with E-state index in [0.717, 1.165) is 18.9 Å². The van der Waals surface area contributed by atoms with Crippen LogP contribution in [0.5, 0.6) is 5.75 Å². The van der Waals surface area contributed by atoms with E-state index in [1.165, 1.54) is 44.1 Å². The Bertz CT molecular complexity index is 1120. The highest BCUT2D eigenvalue weighted by Crippen LogP contribution is 2.27. The Balaban J connectivity index is 2.06. The first-order valence-electron chi connectivity index (χ1n) is 14.9. The van der Waals surface area contributed by atoms with Crippen LogP contribution in [-0.2, 0) is 25.5 Å². The first-order valence-corrected chi connectivity index (χ1v) is 14.9. The fraction of sp³-hybridized carbons (Fsp3) is 0.500. The molecule has 0 heterocycles. The molecule has 0 fully saturated rings. The number of rotatable bonds is 18. The highest BCUT2D eigenvalue weighted by atomic mass is 16.6. The molecule has 7 heteroatoms. The van der Waals surface area contributed by atoms with E-state index in [0.29, 0.717) is 11.3 Å². The van der Waals surface area contributed by atoms with Crippen LogP contribution >= 0.6 is 0 Å². The Morgan fingerprint density at radius 2 is 1.39 bits per heavy atom. The van der Waals surface area contributed by atoms with E-state index in [4.69, 9.17) is 14.2 Å². The summed E-state index contributed by atoms with van der Waals surface area (Å²) in [7, 11) is 0. The van der Waals surface area contributed by atoms with Gasteiger partial charge in [0.15, 0.2) is 5.75 Å². The molecule has 0 aromatic heterocycles. The van der Waals surface area contributed by atoms with Crippen molar-refractivity contribution < 1.29 is 28.6 Å². The molecule has 0 spiro atoms. The van der Waals surface area contributed by atoms with Crippen molar-refractivity contribution >= 4 is 23.5 Å². The average molecular weight is 566 g/mol. The van der Waals surface area contributed by atoms with Gasteiger partial charge < -0.3 is 19.5 Å². The van der Waals surface area contributed by atoms with Crippen LogP contribution in [-0.4, -0.2) is 31.1 Å². The maximum atomic E-state index is 13.0. The largest absolute Gasteiger partial charge is 0.462 e. The van der Waals surface area contributed by atoms with Gasteiger partial charge in [0.2, 0.25) is 5.76 Å². The lowest BCUT2D eigenvalue weighted by atomic mass is 10.0. The van der Waals surface area contributed by atoms with Gasteiger partial charge in [-0.15, -0.1) is 0 Å². The summed E-state index contributed by atoms with van der Waals surface area (Å²) in [5.41, 5.74) is 2.06. The lowest BCUT2D eigenvalue weighted by molar-refractivity contribution is -0.144. The highest BCUT2D eigenvalue weighted by Gasteiger charge is 2.20. The van der Waals surface area contributed by atoms with Gasteiger partial charge in [0.1, 0.15) is 0 Å². The second-order valence-corrected chi connectivity index (χ2v) is 11.1. The van der Waals surface area contributed by atoms with E-state index in [2.05, 4.69) is 12.2 Å². The number of hydrogen-bond donors (Lipinski definition) is 1. The first-order chi connectivity index (χ1) is 19.7. The van der Waals surface area contributed by atoms with Crippen molar-refractivity contribution in [1.82, 2.24) is 0 Å². The number of carbonyl (C=O) groups is 3. The molecular weight excluding hydrogens is 518 g/mol. The maximum Gasteiger partial charge on any atom is 0.374 e. The molecule has 0 unspecified atom stereocenters. The fourth-order valence-corrected chi connectivity index (χ4v) is 3.92. The van der Waals surface area contributed by atoms with E-state index in [1.807, 2.05) is 52.0 Å². The Morgan fingerprint density at radius 3 is 2.05 bits per heavy atom. The SMILES string of the molecule is CCCCCCCCCc1ccc(C(=O)Nc2ccccc2O/C(=C\C(=O)OCC(C)C)C(=O)OCC(C)C)cc1. The van der Waals surface area contributed by atoms with Crippen molar-refractivity contribution in [2.24, 2.45) is 11.8 Å². The minimum atomic E-state index is -0.794. The number of unbranched alkanes of at least 4 members (excludes halogenated alkanes) is 6. The van der Waals surface area contributed by atoms with Gasteiger partial charge in [-0.05, 0) is 54.5 Å². The molecule has 2 rings (SSSR count). The van der Waals surface area contributed by atoms with Crippen molar-refractivity contribution in [2.45, 2.75) is 86.0 Å². The number of esters is 2. The average Bonchev–Trinajstić information content (AvgIpc) is 2.95. The van der Waals surface area contributed by atoms with Crippen LogP contribution in [0.25, 0.3) is 0 Å². The van der Waals surface area contributed by atoms with Gasteiger partial charge in [0.05, 0.1) is 25.0 Å². The number of benzene rings is 2. The van der Waals surface area contributed by atoms with Gasteiger partial charge in [-0.2, -0.15) is 0 Å². The zero-order chi connectivity index (χ0) is 30.0. The molecule has 41 heavy (non-hydrogen) atoms. The standard InChI is InChI=1S/C34H47NO6/c1-6-7-8-9-10-11-12-15-27-18-20-28(21-19-27)33(37)35-29-16-13-14-17-30(29)41-31(34(38)40-24-26(4)5)22-32(36)39-23-25(2)3/h13-14,16-22,25-26H,6-12,15,23-24H2,1-5H3,(H,35,37)/b31-22-. The summed E-state index contributed by atoms with van der Waals surface area (Å²) in [5, 5.41) is 2.85. The van der Waals surface area contributed by atoms with Crippen molar-refractivity contribution in [3.63, 3.8) is 0 Å². The highest BCUT2D eigenvalue weighted by molar-refractivity contribution is 6.05. The Kier molecular flexibility index (Phi) is 15.3. The summed E-state index contributed by atoms with van der Waals surface area (Å²) >= 11 is 0. The maximum absolute atomic E-state index is 13.0. The van der Waals surface area contributed by atoms with Gasteiger partial charge in [-0.3, -0.25) is 4.79 Å². The summed E-state index contributed by atoms with van der Waals surface area (Å²) in [6.07, 6.45) is 10.8. The van der Waals surface area contributed by atoms with Crippen molar-refractivity contribution in [2.75, 3.05) is 18.5 Å². The summed E-state index contributed by atoms with van der Waals surface area (Å²) in [5.74, 6) is -1.72. The van der Waals surface area contributed by atoms with Crippen molar-refractivity contribution in [3.05, 3.63) is 71.5 Å². The molecule has 224 valence electrons. The number of hydrogen-bond acceptors (Lipinski definition) is 6. The Morgan fingerprint density at radius 1 is 0.780 bits per heavy atom. The fourth-order valence-electron chi connectivity index (χ4n) is 3.92. The molecule has 0 aliphatic heterocycles. The van der Waals surface area contributed by atoms with Crippen LogP contribution in [0.3, 0.4) is 0 Å². The predicted molar refractivity (Wildman–Crippen MR) is 163 cm³/mol. The zero-order valence-electron chi connectivity index (χ0n) is 25.4. The minimum absolute atomic E-state index is 0.0987. The molecule has 0 aliphatic carbocycles. The lowest BCUT2D eigenvalue weighted by Crippen LogP contribution is -2.19. The Hall–Kier alpha value is -3.61. The second-order valence-electron chi connectivity index (χ2n) is 11.1. The van der Waals surface area contributed by atoms with Gasteiger partial charge in [-0.1, -0.05) is 97.4 Å². The third kappa shape index (κ3) is 13.5. The van der Waals surface area contributed by atoms with Gasteiger partial charge >= 0.3 is 11.9 Å². The van der Waals surface area contributed by atoms with Crippen LogP contribution in [0.15, 0.2) is 60.4 Å². The number of carbonyl (C=O) groups excluding carboxylic acids is 3. The molecule has 0 aliphatic rings. The molecule has 0 saturated carbocycles. The summed E-state index contributed by atoms with van der Waals surface area (Å²) < 4.78 is 16.3. The predicted octanol–water partition coefficient (Wildman–Crippen LogP) is 7.89. The number of ether oxygens (including phenoxy) is 3. The molecule has 1 N–H and O–H groups in total. The quantitative estimate of drug-likeness (QED) is 0.0855. The van der Waals surface area contributed by atoms with Crippen LogP contribution in [0.1, 0.15) is 95.5 Å². The molecule has 0 atom stereocenters. The second kappa shape index (κ2) is 18.7. The van der Waals surface area contributed by atoms with Crippen LogP contribution < -0.4 is 10.1 Å². The topological polar surface area (TPSA) is 90.9 Å². The number of nitrogens with one attached hydrogen (secondary N) is 1. The lowest BCUT2D eigenvalue weighted by Gasteiger charge is -2.15. The zero-order valence-corrected chi connectivity index (χ0v) is 25.4. The molecular formula is C34H47NO6. The van der Waals surface area contributed by atoms with Gasteiger partial charge in [-0.25, -0.2) is 9.59 Å². The van der Waals surface area contributed by atoms with Crippen LogP contribution in [0.4, 0.5) is 5.69 Å².